The summed E-state index contributed by atoms with van der Waals surface area (Å²) in [7, 11) is -16.9. The molecule has 372 valence electrons. The summed E-state index contributed by atoms with van der Waals surface area (Å²) in [5, 5.41) is 39.0. The van der Waals surface area contributed by atoms with Crippen LogP contribution in [0.5, 0.6) is 23.0 Å². The van der Waals surface area contributed by atoms with Gasteiger partial charge in [0, 0.05) is 73.1 Å². The smallest absolute Gasteiger partial charge is 0.490 e. The summed E-state index contributed by atoms with van der Waals surface area (Å²) in [6.07, 6.45) is -0.180. The molecule has 0 saturated carbocycles. The number of aliphatic hydroxyl groups is 1. The molecule has 0 aliphatic carbocycles. The zero-order valence-electron chi connectivity index (χ0n) is 35.9. The molecule has 4 heterocycles. The number of aromatic hydroxyl groups is 2. The third kappa shape index (κ3) is 12.2. The van der Waals surface area contributed by atoms with E-state index in [0.717, 1.165) is 10.8 Å². The van der Waals surface area contributed by atoms with Gasteiger partial charge in [-0.3, -0.25) is 23.5 Å². The normalized spacial score (nSPS) is 19.6. The number of hydrogen-bond acceptors (Lipinski definition) is 17. The number of carbonyl (C=O) groups is 4. The fourth-order valence-corrected chi connectivity index (χ4v) is 10.9. The number of hydrogen-bond donors (Lipinski definition) is 11. The van der Waals surface area contributed by atoms with E-state index in [4.69, 9.17) is 24.0 Å². The van der Waals surface area contributed by atoms with Crippen molar-refractivity contribution in [3.63, 3.8) is 0 Å². The number of imidazole rings is 1. The van der Waals surface area contributed by atoms with Crippen molar-refractivity contribution in [1.29, 1.82) is 0 Å². The Hall–Kier alpha value is -5.72. The molecule has 0 bridgehead atoms. The largest absolute Gasteiger partial charge is 0.508 e. The molecule has 4 aromatic rings. The Morgan fingerprint density at radius 2 is 1.39 bits per heavy atom. The van der Waals surface area contributed by atoms with Gasteiger partial charge in [-0.05, 0) is 68.1 Å². The summed E-state index contributed by atoms with van der Waals surface area (Å²) in [5.41, 5.74) is -0.734. The van der Waals surface area contributed by atoms with Gasteiger partial charge in [0.15, 0.2) is 5.60 Å². The summed E-state index contributed by atoms with van der Waals surface area (Å²) in [4.78, 5) is 103. The number of nitrogens with zero attached hydrogens (tertiary/aromatic N) is 1. The van der Waals surface area contributed by atoms with Crippen LogP contribution in [0.4, 0.5) is 0 Å². The fraction of sp³-hybridized carbons (Fsp3) is 0.375. The van der Waals surface area contributed by atoms with Crippen molar-refractivity contribution < 1.29 is 95.1 Å². The van der Waals surface area contributed by atoms with Gasteiger partial charge in [0.25, 0.3) is 11.8 Å². The number of fused-ring (bicyclic) bond motifs is 6. The average molecular weight is 1030 g/mol. The number of phenols is 2. The number of phenolic OH excluding ortho intramolecular Hbond substituents is 2. The third-order valence-corrected chi connectivity index (χ3v) is 14.7. The number of H-pyrrole nitrogens is 1. The highest BCUT2D eigenvalue weighted by Crippen LogP contribution is 2.66. The molecule has 3 aromatic carbocycles. The predicted molar refractivity (Wildman–Crippen MR) is 233 cm³/mol. The second kappa shape index (κ2) is 20.7. The van der Waals surface area contributed by atoms with Gasteiger partial charge in [-0.25, -0.2) is 23.3 Å². The van der Waals surface area contributed by atoms with Gasteiger partial charge < -0.3 is 70.0 Å². The first kappa shape index (κ1) is 51.1. The second-order valence-electron chi connectivity index (χ2n) is 15.9. The van der Waals surface area contributed by atoms with E-state index in [1.807, 2.05) is 0 Å². The molecule has 1 saturated heterocycles. The Balaban J connectivity index is 0.782. The molecule has 3 aliphatic rings. The van der Waals surface area contributed by atoms with E-state index in [0.29, 0.717) is 61.9 Å². The average Bonchev–Trinajstić information content (AvgIpc) is 3.92. The van der Waals surface area contributed by atoms with Crippen LogP contribution in [0.1, 0.15) is 99.1 Å². The van der Waals surface area contributed by atoms with Crippen LogP contribution in [0.2, 0.25) is 0 Å². The van der Waals surface area contributed by atoms with Crippen LogP contribution in [-0.2, 0) is 46.7 Å². The van der Waals surface area contributed by atoms with Crippen LogP contribution in [0.3, 0.4) is 0 Å². The number of amides is 3. The summed E-state index contributed by atoms with van der Waals surface area (Å²) in [6.45, 7) is -0.129. The second-order valence-corrected chi connectivity index (χ2v) is 20.3. The van der Waals surface area contributed by atoms with Crippen LogP contribution in [0.25, 0.3) is 0 Å². The highest BCUT2D eigenvalue weighted by Gasteiger charge is 2.54. The molecule has 5 atom stereocenters. The van der Waals surface area contributed by atoms with Gasteiger partial charge >= 0.3 is 35.1 Å². The van der Waals surface area contributed by atoms with Crippen LogP contribution in [0, 0.1) is 0 Å². The van der Waals surface area contributed by atoms with Crippen molar-refractivity contribution >= 4 is 47.2 Å². The third-order valence-electron chi connectivity index (χ3n) is 10.9. The van der Waals surface area contributed by atoms with E-state index in [1.165, 1.54) is 36.4 Å². The van der Waals surface area contributed by atoms with Gasteiger partial charge in [-0.2, -0.15) is 8.62 Å². The maximum atomic E-state index is 13.3. The van der Waals surface area contributed by atoms with E-state index in [2.05, 4.69) is 34.1 Å². The summed E-state index contributed by atoms with van der Waals surface area (Å²) >= 11 is 0. The number of phosphoric ester groups is 1. The Kier molecular flexibility index (Phi) is 15.3. The zero-order chi connectivity index (χ0) is 49.9. The quantitative estimate of drug-likeness (QED) is 0.0325. The number of rotatable bonds is 21. The number of ether oxygens (including phenoxy) is 3. The molecule has 2 unspecified atom stereocenters. The maximum Gasteiger partial charge on any atom is 0.490 e. The highest BCUT2D eigenvalue weighted by molar-refractivity contribution is 7.66. The SMILES string of the molecule is O=C(CCCCCNC(=O)c1ccc2c(c1)C1(OC2=O)c2ccc(O)cc2Oc2cc(O)ccc21)NCCCCNC(=O)c1cn([C@H]2C[C@H](O)[C@@H](COP(=O)(O)OP(=O)(O)OP(=O)(O)O)O2)c(=O)[nH]1. The molecule has 29 heteroatoms. The van der Waals surface area contributed by atoms with Gasteiger partial charge in [0.1, 0.15) is 41.0 Å². The van der Waals surface area contributed by atoms with Gasteiger partial charge in [-0.1, -0.05) is 6.42 Å². The van der Waals surface area contributed by atoms with Crippen LogP contribution in [-0.4, -0.2) is 107 Å². The fourth-order valence-electron chi connectivity index (χ4n) is 7.84. The molecule has 3 aliphatic heterocycles. The molecule has 69 heavy (non-hydrogen) atoms. The van der Waals surface area contributed by atoms with Crippen molar-refractivity contribution in [2.24, 2.45) is 0 Å². The van der Waals surface area contributed by atoms with E-state index < -0.39 is 77.6 Å². The number of phosphoric acid groups is 3. The number of unbranched alkanes of at least 4 members (excludes halogenated alkanes) is 3. The lowest BCUT2D eigenvalue weighted by atomic mass is 9.77. The molecular formula is C40H46N5O21P3. The zero-order valence-corrected chi connectivity index (χ0v) is 38.6. The predicted octanol–water partition coefficient (Wildman–Crippen LogP) is 2.76. The Labute approximate surface area is 390 Å². The molecule has 7 rings (SSSR count). The molecule has 1 fully saturated rings. The van der Waals surface area contributed by atoms with Crippen molar-refractivity contribution in [2.45, 2.75) is 69.0 Å². The molecular weight excluding hydrogens is 979 g/mol. The van der Waals surface area contributed by atoms with Gasteiger partial charge in [0.2, 0.25) is 5.91 Å². The lowest BCUT2D eigenvalue weighted by molar-refractivity contribution is -0.121. The number of aliphatic hydroxyl groups excluding tert-OH is 1. The monoisotopic (exact) mass is 1030 g/mol. The lowest BCUT2D eigenvalue weighted by Crippen LogP contribution is -2.33. The van der Waals surface area contributed by atoms with Crippen molar-refractivity contribution in [3.05, 3.63) is 105 Å². The summed E-state index contributed by atoms with van der Waals surface area (Å²) < 4.78 is 64.5. The summed E-state index contributed by atoms with van der Waals surface area (Å²) in [5.74, 6) is -1.61. The standard InChI is InChI=1S/C40H46N5O21P3/c46-23-8-11-26-31(17-23)62-32-18-24(47)9-12-27(32)40(26)28-16-22(7-10-25(28)38(52)64-40)36(50)42-14-3-1-2-6-34(49)41-13-4-5-15-43-37(51)29-20-45(39(53)44-29)35-19-30(48)33(63-35)21-61-68(57,58)66-69(59,60)65-67(54,55)56/h7-12,16-18,20,30,33,35,46-48H,1-6,13-15,19,21H2,(H,41,49)(H,42,50)(H,43,51)(H,44,53)(H,57,58)(H,59,60)(H2,54,55,56)/t30-,33+,35+/m0/s1. The van der Waals surface area contributed by atoms with E-state index in [1.54, 1.807) is 18.2 Å². The van der Waals surface area contributed by atoms with Crippen LogP contribution >= 0.6 is 23.5 Å². The highest BCUT2D eigenvalue weighted by atomic mass is 31.3. The Morgan fingerprint density at radius 3 is 2.04 bits per heavy atom. The first-order chi connectivity index (χ1) is 32.5. The molecule has 26 nitrogen and oxygen atoms in total. The lowest BCUT2D eigenvalue weighted by Gasteiger charge is -2.36. The maximum absolute atomic E-state index is 13.3. The molecule has 0 radical (unpaired) electrons. The van der Waals surface area contributed by atoms with Crippen LogP contribution in [0.15, 0.2) is 65.6 Å². The number of aromatic nitrogens is 2. The van der Waals surface area contributed by atoms with Crippen LogP contribution < -0.4 is 26.4 Å². The van der Waals surface area contributed by atoms with Gasteiger partial charge in [0.05, 0.1) is 18.3 Å². The first-order valence-corrected chi connectivity index (χ1v) is 25.5. The van der Waals surface area contributed by atoms with Crippen molar-refractivity contribution in [3.8, 4) is 23.0 Å². The van der Waals surface area contributed by atoms with Crippen molar-refractivity contribution in [1.82, 2.24) is 25.5 Å². The number of benzene rings is 3. The molecule has 3 amide bonds. The van der Waals surface area contributed by atoms with Crippen molar-refractivity contribution in [2.75, 3.05) is 26.2 Å². The van der Waals surface area contributed by atoms with E-state index >= 15 is 0 Å². The minimum atomic E-state index is -5.77. The van der Waals surface area contributed by atoms with E-state index in [-0.39, 0.29) is 65.1 Å². The topological polar surface area (TPSA) is 390 Å². The minimum Gasteiger partial charge on any atom is -0.508 e. The first-order valence-electron chi connectivity index (χ1n) is 21.0. The number of nitrogens with one attached hydrogen (secondary N) is 4. The number of aromatic amines is 1. The van der Waals surface area contributed by atoms with Gasteiger partial charge in [-0.15, -0.1) is 0 Å². The minimum absolute atomic E-state index is 0.0898. The molecule has 11 N–H and O–H groups in total. The Morgan fingerprint density at radius 1 is 0.768 bits per heavy atom. The number of carbonyl (C=O) groups excluding carboxylic acids is 4. The Bertz CT molecular complexity index is 2790. The molecule has 1 aromatic heterocycles. The van der Waals surface area contributed by atoms with E-state index in [9.17, 15) is 62.8 Å². The number of esters is 1. The summed E-state index contributed by atoms with van der Waals surface area (Å²) in [6, 6.07) is 13.4. The molecule has 1 spiro atoms.